The molecule has 0 bridgehead atoms. The predicted octanol–water partition coefficient (Wildman–Crippen LogP) is 22.2. The number of rotatable bonds is 13. The average Bonchev–Trinajstić information content (AvgIpc) is 3.35. The summed E-state index contributed by atoms with van der Waals surface area (Å²) < 4.78 is 0. The molecular weight excluding hydrogens is 793 g/mol. The highest BCUT2D eigenvalue weighted by molar-refractivity contribution is 4.91. The smallest absolute Gasteiger partial charge is 0.0233 e. The zero-order chi connectivity index (χ0) is 46.9. The highest BCUT2D eigenvalue weighted by Crippen LogP contribution is 2.46. The van der Waals surface area contributed by atoms with E-state index in [2.05, 4.69) is 67.5 Å². The SMILES string of the molecule is C/C=C/C1CCC(C2CCC(CCC)CC2)CC1.CCCC1CCC(C2CCC(C)CC2)CC1.CCCC1CCC(C2CCC(C)CC2)CC1.CCCC1CCC(C2CCC(C)CC2)CC1. The van der Waals surface area contributed by atoms with Gasteiger partial charge in [0.1, 0.15) is 0 Å². The van der Waals surface area contributed by atoms with Gasteiger partial charge in [0.15, 0.2) is 0 Å². The van der Waals surface area contributed by atoms with Gasteiger partial charge in [-0.2, -0.15) is 0 Å². The standard InChI is InChI=1S/C18H32.3C16H30/c1-3-5-15-7-11-17(12-8-15)18-13-9-16(6-4-2)10-14-18;3*1-3-4-14-7-11-16(12-8-14)15-9-5-13(2)6-10-15/h3,5,15-18H,4,6-14H2,1-2H3;3*13-16H,3-12H2,1-2H3/b5-3+;;;. The molecule has 0 amide bonds. The molecular formula is C66H122. The van der Waals surface area contributed by atoms with Crippen LogP contribution in [0.5, 0.6) is 0 Å². The second-order valence-electron chi connectivity index (χ2n) is 26.5. The number of hydrogen-bond donors (Lipinski definition) is 0. The Labute approximate surface area is 417 Å². The van der Waals surface area contributed by atoms with E-state index >= 15 is 0 Å². The summed E-state index contributed by atoms with van der Waals surface area (Å²) in [5, 5.41) is 0. The van der Waals surface area contributed by atoms with Gasteiger partial charge in [0.05, 0.1) is 0 Å². The van der Waals surface area contributed by atoms with Crippen LogP contribution in [0, 0.1) is 94.7 Å². The monoisotopic (exact) mass is 915 g/mol. The topological polar surface area (TPSA) is 0 Å². The zero-order valence-electron chi connectivity index (χ0n) is 46.7. The third kappa shape index (κ3) is 20.5. The summed E-state index contributed by atoms with van der Waals surface area (Å²) >= 11 is 0. The molecule has 0 heteroatoms. The van der Waals surface area contributed by atoms with Crippen LogP contribution < -0.4 is 0 Å². The van der Waals surface area contributed by atoms with Crippen LogP contribution in [0.15, 0.2) is 12.2 Å². The van der Waals surface area contributed by atoms with Gasteiger partial charge in [-0.15, -0.1) is 0 Å². The van der Waals surface area contributed by atoms with Crippen molar-refractivity contribution in [2.45, 2.75) is 312 Å². The lowest BCUT2D eigenvalue weighted by Gasteiger charge is -2.37. The van der Waals surface area contributed by atoms with Crippen LogP contribution in [0.25, 0.3) is 0 Å². The largest absolute Gasteiger partial charge is 0.0914 e. The van der Waals surface area contributed by atoms with Gasteiger partial charge >= 0.3 is 0 Å². The van der Waals surface area contributed by atoms with E-state index < -0.39 is 0 Å². The van der Waals surface area contributed by atoms with Crippen LogP contribution in [0.4, 0.5) is 0 Å². The van der Waals surface area contributed by atoms with Crippen molar-refractivity contribution in [3.63, 3.8) is 0 Å². The van der Waals surface area contributed by atoms with Crippen molar-refractivity contribution in [2.75, 3.05) is 0 Å². The van der Waals surface area contributed by atoms with Gasteiger partial charge in [0, 0.05) is 0 Å². The molecule has 0 aromatic heterocycles. The van der Waals surface area contributed by atoms with Crippen molar-refractivity contribution in [2.24, 2.45) is 94.7 Å². The third-order valence-corrected chi connectivity index (χ3v) is 21.5. The van der Waals surface area contributed by atoms with Crippen molar-refractivity contribution < 1.29 is 0 Å². The van der Waals surface area contributed by atoms with E-state index in [1.54, 1.807) is 128 Å². The molecule has 0 atom stereocenters. The Hall–Kier alpha value is -0.260. The van der Waals surface area contributed by atoms with Crippen molar-refractivity contribution in [1.29, 1.82) is 0 Å². The van der Waals surface area contributed by atoms with Crippen LogP contribution in [0.2, 0.25) is 0 Å². The van der Waals surface area contributed by atoms with E-state index in [0.29, 0.717) is 0 Å². The fraction of sp³-hybridized carbons (Fsp3) is 0.970. The first-order valence-corrected chi connectivity index (χ1v) is 31.8. The molecule has 0 N–H and O–H groups in total. The molecule has 386 valence electrons. The van der Waals surface area contributed by atoms with Crippen molar-refractivity contribution in [3.8, 4) is 0 Å². The van der Waals surface area contributed by atoms with Crippen molar-refractivity contribution in [1.82, 2.24) is 0 Å². The Balaban J connectivity index is 0.000000165. The van der Waals surface area contributed by atoms with Crippen LogP contribution in [-0.4, -0.2) is 0 Å². The molecule has 0 nitrogen and oxygen atoms in total. The second kappa shape index (κ2) is 32.7. The lowest BCUT2D eigenvalue weighted by atomic mass is 9.69. The molecule has 8 aliphatic rings. The molecule has 8 aliphatic carbocycles. The highest BCUT2D eigenvalue weighted by Gasteiger charge is 2.33. The normalized spacial score (nSPS) is 40.1. The molecule has 0 radical (unpaired) electrons. The molecule has 0 aliphatic heterocycles. The zero-order valence-corrected chi connectivity index (χ0v) is 46.7. The Kier molecular flexibility index (Phi) is 28.0. The molecule has 0 aromatic carbocycles. The molecule has 8 saturated carbocycles. The van der Waals surface area contributed by atoms with Gasteiger partial charge in [0.2, 0.25) is 0 Å². The summed E-state index contributed by atoms with van der Waals surface area (Å²) in [6.45, 7) is 18.9. The molecule has 0 spiro atoms. The van der Waals surface area contributed by atoms with Gasteiger partial charge in [-0.25, -0.2) is 0 Å². The summed E-state index contributed by atoms with van der Waals surface area (Å²) in [7, 11) is 0. The van der Waals surface area contributed by atoms with Crippen LogP contribution in [0.1, 0.15) is 312 Å². The predicted molar refractivity (Wildman–Crippen MR) is 295 cm³/mol. The first-order valence-electron chi connectivity index (χ1n) is 31.8. The molecule has 8 rings (SSSR count). The number of hydrogen-bond acceptors (Lipinski definition) is 0. The van der Waals surface area contributed by atoms with Gasteiger partial charge in [0.25, 0.3) is 0 Å². The maximum Gasteiger partial charge on any atom is -0.0233 e. The van der Waals surface area contributed by atoms with E-state index in [1.165, 1.54) is 128 Å². The molecule has 0 unspecified atom stereocenters. The quantitative estimate of drug-likeness (QED) is 0.162. The summed E-state index contributed by atoms with van der Waals surface area (Å²) in [6, 6.07) is 0. The van der Waals surface area contributed by atoms with Gasteiger partial charge in [-0.3, -0.25) is 0 Å². The minimum atomic E-state index is 0.905. The number of allylic oxidation sites excluding steroid dienone is 2. The van der Waals surface area contributed by atoms with Crippen LogP contribution in [-0.2, 0) is 0 Å². The van der Waals surface area contributed by atoms with Gasteiger partial charge in [-0.1, -0.05) is 202 Å². The fourth-order valence-corrected chi connectivity index (χ4v) is 16.8. The Bertz CT molecular complexity index is 1040. The molecule has 0 aromatic rings. The molecule has 0 heterocycles. The fourth-order valence-electron chi connectivity index (χ4n) is 16.8. The van der Waals surface area contributed by atoms with Crippen molar-refractivity contribution in [3.05, 3.63) is 12.2 Å². The van der Waals surface area contributed by atoms with E-state index in [0.717, 1.165) is 94.7 Å². The van der Waals surface area contributed by atoms with Crippen LogP contribution >= 0.6 is 0 Å². The summed E-state index contributed by atoms with van der Waals surface area (Å²) in [4.78, 5) is 0. The third-order valence-electron chi connectivity index (χ3n) is 21.5. The van der Waals surface area contributed by atoms with Crippen molar-refractivity contribution >= 4 is 0 Å². The summed E-state index contributed by atoms with van der Waals surface area (Å²) in [5.74, 6) is 17.1. The Morgan fingerprint density at radius 1 is 0.258 bits per heavy atom. The Morgan fingerprint density at radius 3 is 0.621 bits per heavy atom. The van der Waals surface area contributed by atoms with Gasteiger partial charge < -0.3 is 0 Å². The molecule has 66 heavy (non-hydrogen) atoms. The molecule has 8 fully saturated rings. The summed E-state index contributed by atoms with van der Waals surface area (Å²) in [6.07, 6.45) is 65.3. The van der Waals surface area contributed by atoms with Gasteiger partial charge in [-0.05, 0) is 217 Å². The minimum Gasteiger partial charge on any atom is -0.0914 e. The molecule has 0 saturated heterocycles. The summed E-state index contributed by atoms with van der Waals surface area (Å²) in [5.41, 5.74) is 0. The van der Waals surface area contributed by atoms with E-state index in [4.69, 9.17) is 0 Å². The lowest BCUT2D eigenvalue weighted by molar-refractivity contribution is 0.147. The average molecular weight is 916 g/mol. The Morgan fingerprint density at radius 2 is 0.439 bits per heavy atom. The van der Waals surface area contributed by atoms with Crippen LogP contribution in [0.3, 0.4) is 0 Å². The minimum absolute atomic E-state index is 0.905. The first kappa shape index (κ1) is 56.7. The van der Waals surface area contributed by atoms with E-state index in [-0.39, 0.29) is 0 Å². The lowest BCUT2D eigenvalue weighted by Crippen LogP contribution is -2.25. The maximum atomic E-state index is 2.44. The first-order chi connectivity index (χ1) is 32.2. The van der Waals surface area contributed by atoms with E-state index in [1.807, 2.05) is 0 Å². The second-order valence-corrected chi connectivity index (χ2v) is 26.5. The maximum absolute atomic E-state index is 2.44. The highest BCUT2D eigenvalue weighted by atomic mass is 14.4. The van der Waals surface area contributed by atoms with E-state index in [9.17, 15) is 0 Å².